The molecule has 0 fully saturated rings. The van der Waals surface area contributed by atoms with Gasteiger partial charge in [-0.15, -0.1) is 0 Å². The van der Waals surface area contributed by atoms with Gasteiger partial charge < -0.3 is 10.1 Å². The summed E-state index contributed by atoms with van der Waals surface area (Å²) >= 11 is 11.9. The Kier molecular flexibility index (Phi) is 4.35. The fourth-order valence-electron chi connectivity index (χ4n) is 2.69. The third-order valence-corrected chi connectivity index (χ3v) is 4.42. The van der Waals surface area contributed by atoms with Crippen LogP contribution in [0, 0.1) is 0 Å². The van der Waals surface area contributed by atoms with Crippen LogP contribution in [0.2, 0.25) is 10.0 Å². The molecule has 0 aliphatic rings. The summed E-state index contributed by atoms with van der Waals surface area (Å²) in [6, 6.07) is 11.5. The maximum Gasteiger partial charge on any atom is 0.310 e. The van der Waals surface area contributed by atoms with Gasteiger partial charge >= 0.3 is 5.97 Å². The molecular formula is C18H13Cl2NO3. The lowest BCUT2D eigenvalue weighted by atomic mass is 9.94. The van der Waals surface area contributed by atoms with Gasteiger partial charge in [0.2, 0.25) is 5.78 Å². The summed E-state index contributed by atoms with van der Waals surface area (Å²) in [5, 5.41) is 11.1. The molecule has 0 saturated heterocycles. The molecule has 122 valence electrons. The van der Waals surface area contributed by atoms with Crippen LogP contribution < -0.4 is 0 Å². The molecule has 0 amide bonds. The van der Waals surface area contributed by atoms with Gasteiger partial charge in [0.15, 0.2) is 0 Å². The zero-order valence-electron chi connectivity index (χ0n) is 12.6. The third-order valence-electron chi connectivity index (χ3n) is 3.94. The van der Waals surface area contributed by atoms with Crippen LogP contribution in [-0.4, -0.2) is 21.8 Å². The number of ketones is 1. The normalized spacial score (nSPS) is 12.3. The highest BCUT2D eigenvalue weighted by Crippen LogP contribution is 2.32. The largest absolute Gasteiger partial charge is 0.481 e. The van der Waals surface area contributed by atoms with Crippen molar-refractivity contribution in [3.63, 3.8) is 0 Å². The molecule has 1 unspecified atom stereocenters. The Labute approximate surface area is 148 Å². The lowest BCUT2D eigenvalue weighted by molar-refractivity contribution is -0.138. The fraction of sp³-hybridized carbons (Fsp3) is 0.111. The standard InChI is InChI=1S/C18H13Cl2NO3/c1-9(18(23)24)15-13-7-6-12(20)8-14(13)21-16(15)17(22)10-2-4-11(19)5-3-10/h2-9,21H,1H3,(H,23,24). The topological polar surface area (TPSA) is 70.2 Å². The molecule has 1 atom stereocenters. The number of halogens is 2. The molecule has 0 aliphatic carbocycles. The number of rotatable bonds is 4. The Morgan fingerprint density at radius 1 is 1.04 bits per heavy atom. The molecule has 24 heavy (non-hydrogen) atoms. The van der Waals surface area contributed by atoms with E-state index >= 15 is 0 Å². The second-order valence-electron chi connectivity index (χ2n) is 5.50. The van der Waals surface area contributed by atoms with Crippen molar-refractivity contribution in [2.45, 2.75) is 12.8 Å². The van der Waals surface area contributed by atoms with Crippen LogP contribution in [0.5, 0.6) is 0 Å². The van der Waals surface area contributed by atoms with Gasteiger partial charge in [0, 0.05) is 32.1 Å². The average Bonchev–Trinajstić information content (AvgIpc) is 2.92. The van der Waals surface area contributed by atoms with Gasteiger partial charge in [0.25, 0.3) is 0 Å². The van der Waals surface area contributed by atoms with Crippen LogP contribution in [0.25, 0.3) is 10.9 Å². The van der Waals surface area contributed by atoms with E-state index in [9.17, 15) is 14.7 Å². The van der Waals surface area contributed by atoms with E-state index in [1.165, 1.54) is 0 Å². The lowest BCUT2D eigenvalue weighted by Gasteiger charge is -2.09. The van der Waals surface area contributed by atoms with Gasteiger partial charge in [-0.3, -0.25) is 9.59 Å². The summed E-state index contributed by atoms with van der Waals surface area (Å²) < 4.78 is 0. The number of aliphatic carboxylic acids is 1. The molecule has 0 spiro atoms. The van der Waals surface area contributed by atoms with E-state index in [0.717, 1.165) is 0 Å². The molecule has 6 heteroatoms. The first-order chi connectivity index (χ1) is 11.4. The average molecular weight is 362 g/mol. The van der Waals surface area contributed by atoms with Crippen LogP contribution in [0.15, 0.2) is 42.5 Å². The second-order valence-corrected chi connectivity index (χ2v) is 6.37. The predicted molar refractivity (Wildman–Crippen MR) is 94.2 cm³/mol. The van der Waals surface area contributed by atoms with Crippen LogP contribution in [0.1, 0.15) is 34.5 Å². The molecule has 0 saturated carbocycles. The smallest absolute Gasteiger partial charge is 0.310 e. The van der Waals surface area contributed by atoms with E-state index in [0.29, 0.717) is 32.1 Å². The summed E-state index contributed by atoms with van der Waals surface area (Å²) in [4.78, 5) is 27.4. The molecule has 2 aromatic carbocycles. The molecule has 4 nitrogen and oxygen atoms in total. The van der Waals surface area contributed by atoms with E-state index in [1.807, 2.05) is 0 Å². The van der Waals surface area contributed by atoms with Crippen molar-refractivity contribution in [2.24, 2.45) is 0 Å². The van der Waals surface area contributed by atoms with Crippen molar-refractivity contribution in [2.75, 3.05) is 0 Å². The number of aromatic amines is 1. The first kappa shape index (κ1) is 16.6. The highest BCUT2D eigenvalue weighted by molar-refractivity contribution is 6.31. The Bertz CT molecular complexity index is 945. The first-order valence-corrected chi connectivity index (χ1v) is 7.98. The molecule has 1 aromatic heterocycles. The van der Waals surface area contributed by atoms with E-state index in [4.69, 9.17) is 23.2 Å². The molecule has 2 N–H and O–H groups in total. The number of hydrogen-bond donors (Lipinski definition) is 2. The molecule has 0 bridgehead atoms. The molecule has 3 rings (SSSR count). The Hall–Kier alpha value is -2.30. The molecule has 1 heterocycles. The summed E-state index contributed by atoms with van der Waals surface area (Å²) in [5.74, 6) is -2.13. The van der Waals surface area contributed by atoms with Crippen molar-refractivity contribution in [3.05, 3.63) is 69.3 Å². The number of aromatic nitrogens is 1. The fourth-order valence-corrected chi connectivity index (χ4v) is 2.99. The number of nitrogens with one attached hydrogen (secondary N) is 1. The maximum absolute atomic E-state index is 12.9. The van der Waals surface area contributed by atoms with Crippen LogP contribution in [0.4, 0.5) is 0 Å². The summed E-state index contributed by atoms with van der Waals surface area (Å²) in [6.07, 6.45) is 0. The molecule has 3 aromatic rings. The van der Waals surface area contributed by atoms with Crippen molar-refractivity contribution in [3.8, 4) is 0 Å². The number of carboxylic acid groups (broad SMARTS) is 1. The molecular weight excluding hydrogens is 349 g/mol. The minimum atomic E-state index is -1.00. The zero-order valence-corrected chi connectivity index (χ0v) is 14.2. The zero-order chi connectivity index (χ0) is 17.4. The lowest BCUT2D eigenvalue weighted by Crippen LogP contribution is -2.12. The van der Waals surface area contributed by atoms with E-state index in [2.05, 4.69) is 4.98 Å². The third kappa shape index (κ3) is 2.90. The number of H-pyrrole nitrogens is 1. The van der Waals surface area contributed by atoms with Gasteiger partial charge in [-0.25, -0.2) is 0 Å². The van der Waals surface area contributed by atoms with E-state index in [-0.39, 0.29) is 11.5 Å². The SMILES string of the molecule is CC(C(=O)O)c1c(C(=O)c2ccc(Cl)cc2)[nH]c2cc(Cl)ccc12. The number of fused-ring (bicyclic) bond motifs is 1. The van der Waals surface area contributed by atoms with Crippen molar-refractivity contribution < 1.29 is 14.7 Å². The number of benzene rings is 2. The summed E-state index contributed by atoms with van der Waals surface area (Å²) in [7, 11) is 0. The van der Waals surface area contributed by atoms with Crippen molar-refractivity contribution in [1.29, 1.82) is 0 Å². The van der Waals surface area contributed by atoms with Crippen molar-refractivity contribution >= 4 is 45.9 Å². The molecule has 0 aliphatic heterocycles. The summed E-state index contributed by atoms with van der Waals surface area (Å²) in [6.45, 7) is 1.55. The van der Waals surface area contributed by atoms with Crippen LogP contribution in [-0.2, 0) is 4.79 Å². The number of carbonyl (C=O) groups is 2. The maximum atomic E-state index is 12.9. The minimum absolute atomic E-state index is 0.254. The van der Waals surface area contributed by atoms with Crippen molar-refractivity contribution in [1.82, 2.24) is 4.98 Å². The van der Waals surface area contributed by atoms with Gasteiger partial charge in [-0.2, -0.15) is 0 Å². The highest BCUT2D eigenvalue weighted by atomic mass is 35.5. The predicted octanol–water partition coefficient (Wildman–Crippen LogP) is 4.89. The number of carboxylic acids is 1. The Morgan fingerprint density at radius 2 is 1.67 bits per heavy atom. The van der Waals surface area contributed by atoms with Gasteiger partial charge in [-0.1, -0.05) is 29.3 Å². The van der Waals surface area contributed by atoms with E-state index < -0.39 is 11.9 Å². The number of hydrogen-bond acceptors (Lipinski definition) is 2. The second kappa shape index (κ2) is 6.30. The van der Waals surface area contributed by atoms with Crippen LogP contribution >= 0.6 is 23.2 Å². The molecule has 0 radical (unpaired) electrons. The monoisotopic (exact) mass is 361 g/mol. The first-order valence-electron chi connectivity index (χ1n) is 7.22. The van der Waals surface area contributed by atoms with Gasteiger partial charge in [0.1, 0.15) is 0 Å². The Morgan fingerprint density at radius 3 is 2.29 bits per heavy atom. The minimum Gasteiger partial charge on any atom is -0.481 e. The van der Waals surface area contributed by atoms with E-state index in [1.54, 1.807) is 49.4 Å². The highest BCUT2D eigenvalue weighted by Gasteiger charge is 2.26. The van der Waals surface area contributed by atoms with Gasteiger partial charge in [-0.05, 0) is 43.3 Å². The summed E-state index contributed by atoms with van der Waals surface area (Å²) in [5.41, 5.74) is 1.76. The number of carbonyl (C=O) groups excluding carboxylic acids is 1. The Balaban J connectivity index is 2.22. The quantitative estimate of drug-likeness (QED) is 0.649. The van der Waals surface area contributed by atoms with Crippen LogP contribution in [0.3, 0.4) is 0 Å². The van der Waals surface area contributed by atoms with Gasteiger partial charge in [0.05, 0.1) is 11.6 Å².